The second-order valence-electron chi connectivity index (χ2n) is 16.0. The van der Waals surface area contributed by atoms with E-state index < -0.39 is 6.10 Å². The number of rotatable bonds is 43. The van der Waals surface area contributed by atoms with Crippen molar-refractivity contribution in [1.82, 2.24) is 0 Å². The van der Waals surface area contributed by atoms with Crippen LogP contribution in [0, 0.1) is 0 Å². The Morgan fingerprint density at radius 1 is 0.328 bits per heavy atom. The van der Waals surface area contributed by atoms with E-state index in [0.29, 0.717) is 19.3 Å². The van der Waals surface area contributed by atoms with Crippen molar-refractivity contribution in [3.63, 3.8) is 0 Å². The molecule has 0 saturated carbocycles. The van der Waals surface area contributed by atoms with Crippen molar-refractivity contribution >= 4 is 17.9 Å². The Bertz CT molecular complexity index is 1250. The summed E-state index contributed by atoms with van der Waals surface area (Å²) in [7, 11) is 0. The topological polar surface area (TPSA) is 78.9 Å². The largest absolute Gasteiger partial charge is 0.462 e. The van der Waals surface area contributed by atoms with Crippen molar-refractivity contribution in [3.8, 4) is 0 Å². The molecule has 346 valence electrons. The summed E-state index contributed by atoms with van der Waals surface area (Å²) in [6.45, 7) is 6.45. The number of esters is 3. The van der Waals surface area contributed by atoms with E-state index in [9.17, 15) is 14.4 Å². The van der Waals surface area contributed by atoms with Gasteiger partial charge in [-0.05, 0) is 96.3 Å². The summed E-state index contributed by atoms with van der Waals surface area (Å²) >= 11 is 0. The molecular weight excluding hydrogens is 757 g/mol. The molecule has 0 aromatic heterocycles. The van der Waals surface area contributed by atoms with Crippen LogP contribution in [-0.4, -0.2) is 37.2 Å². The van der Waals surface area contributed by atoms with Crippen molar-refractivity contribution in [2.24, 2.45) is 0 Å². The molecule has 0 aliphatic heterocycles. The third kappa shape index (κ3) is 47.2. The van der Waals surface area contributed by atoms with E-state index in [4.69, 9.17) is 14.2 Å². The summed E-state index contributed by atoms with van der Waals surface area (Å²) in [5.41, 5.74) is 0. The molecule has 6 nitrogen and oxygen atoms in total. The lowest BCUT2D eigenvalue weighted by Crippen LogP contribution is -2.30. The van der Waals surface area contributed by atoms with Crippen LogP contribution in [0.25, 0.3) is 0 Å². The summed E-state index contributed by atoms with van der Waals surface area (Å²) in [4.78, 5) is 37.8. The highest BCUT2D eigenvalue weighted by atomic mass is 16.6. The van der Waals surface area contributed by atoms with E-state index in [-0.39, 0.29) is 44.0 Å². The Balaban J connectivity index is 4.54. The van der Waals surface area contributed by atoms with Gasteiger partial charge in [-0.25, -0.2) is 0 Å². The Morgan fingerprint density at radius 2 is 0.607 bits per heavy atom. The fourth-order valence-corrected chi connectivity index (χ4v) is 6.31. The van der Waals surface area contributed by atoms with Gasteiger partial charge in [0.05, 0.1) is 0 Å². The molecule has 1 unspecified atom stereocenters. The van der Waals surface area contributed by atoms with Crippen LogP contribution in [0.4, 0.5) is 0 Å². The molecule has 0 saturated heterocycles. The number of unbranched alkanes of at least 4 members (excludes halogenated alkanes) is 16. The van der Waals surface area contributed by atoms with Gasteiger partial charge in [0, 0.05) is 19.3 Å². The smallest absolute Gasteiger partial charge is 0.306 e. The molecule has 0 fully saturated rings. The van der Waals surface area contributed by atoms with Gasteiger partial charge in [0.25, 0.3) is 0 Å². The minimum absolute atomic E-state index is 0.116. The number of hydrogen-bond acceptors (Lipinski definition) is 6. The first-order valence-corrected chi connectivity index (χ1v) is 24.7. The van der Waals surface area contributed by atoms with Gasteiger partial charge in [-0.3, -0.25) is 14.4 Å². The zero-order valence-electron chi connectivity index (χ0n) is 39.4. The third-order valence-corrected chi connectivity index (χ3v) is 10.1. The molecule has 0 radical (unpaired) electrons. The Morgan fingerprint density at radius 3 is 0.984 bits per heavy atom. The Hall–Kier alpha value is -3.67. The molecule has 0 N–H and O–H groups in total. The lowest BCUT2D eigenvalue weighted by atomic mass is 10.1. The summed E-state index contributed by atoms with van der Waals surface area (Å²) in [6.07, 6.45) is 64.0. The van der Waals surface area contributed by atoms with Crippen molar-refractivity contribution < 1.29 is 28.6 Å². The number of ether oxygens (including phenoxy) is 3. The monoisotopic (exact) mass is 847 g/mol. The summed E-state index contributed by atoms with van der Waals surface area (Å²) < 4.78 is 16.6. The molecular formula is C55H90O6. The molecule has 0 aromatic carbocycles. The SMILES string of the molecule is CCCCC/C=C\C/C=C\C/C=C\C/C=C\CCCC(=O)OCC(COC(=O)CCCCCCCCCCC)OC(=O)CCC/C=C\C/C=C\C/C=C\C/C=C\CCCCC. The predicted molar refractivity (Wildman–Crippen MR) is 260 cm³/mol. The van der Waals surface area contributed by atoms with E-state index in [0.717, 1.165) is 70.6 Å². The zero-order chi connectivity index (χ0) is 44.4. The van der Waals surface area contributed by atoms with Crippen LogP contribution < -0.4 is 0 Å². The van der Waals surface area contributed by atoms with Crippen LogP contribution in [0.3, 0.4) is 0 Å². The normalized spacial score (nSPS) is 12.9. The van der Waals surface area contributed by atoms with Gasteiger partial charge >= 0.3 is 17.9 Å². The lowest BCUT2D eigenvalue weighted by Gasteiger charge is -2.18. The third-order valence-electron chi connectivity index (χ3n) is 10.1. The standard InChI is InChI=1S/C55H90O6/c1-4-7-10-13-16-19-21-23-25-27-29-31-33-36-39-42-45-48-54(57)60-51-52(50-59-53(56)47-44-41-38-35-18-15-12-9-6-3)61-55(58)49-46-43-40-37-34-32-30-28-26-24-22-20-17-14-11-8-5-2/h16-17,19-20,23-26,29-32,36-37,39-40,52H,4-15,18,21-22,27-28,33-35,38,41-51H2,1-3H3/b19-16-,20-17-,25-23-,26-24-,31-29-,32-30-,39-36-,40-37-. The molecule has 0 aliphatic rings. The van der Waals surface area contributed by atoms with Gasteiger partial charge in [0.15, 0.2) is 6.10 Å². The van der Waals surface area contributed by atoms with Crippen LogP contribution >= 0.6 is 0 Å². The minimum Gasteiger partial charge on any atom is -0.462 e. The lowest BCUT2D eigenvalue weighted by molar-refractivity contribution is -0.167. The molecule has 0 heterocycles. The van der Waals surface area contributed by atoms with Gasteiger partial charge in [-0.1, -0.05) is 195 Å². The van der Waals surface area contributed by atoms with Crippen molar-refractivity contribution in [2.45, 2.75) is 219 Å². The van der Waals surface area contributed by atoms with Crippen LogP contribution in [0.1, 0.15) is 213 Å². The maximum Gasteiger partial charge on any atom is 0.306 e. The fraction of sp³-hybridized carbons (Fsp3) is 0.655. The maximum absolute atomic E-state index is 12.7. The van der Waals surface area contributed by atoms with Crippen molar-refractivity contribution in [3.05, 3.63) is 97.2 Å². The first-order valence-electron chi connectivity index (χ1n) is 24.7. The summed E-state index contributed by atoms with van der Waals surface area (Å²) in [5, 5.41) is 0. The second kappa shape index (κ2) is 49.0. The molecule has 0 aliphatic carbocycles. The molecule has 0 amide bonds. The van der Waals surface area contributed by atoms with Gasteiger partial charge in [0.2, 0.25) is 0 Å². The van der Waals surface area contributed by atoms with Crippen LogP contribution in [0.5, 0.6) is 0 Å². The van der Waals surface area contributed by atoms with E-state index in [1.54, 1.807) is 0 Å². The number of allylic oxidation sites excluding steroid dienone is 16. The quantitative estimate of drug-likeness (QED) is 0.0263. The van der Waals surface area contributed by atoms with Gasteiger partial charge in [-0.2, -0.15) is 0 Å². The average molecular weight is 847 g/mol. The highest BCUT2D eigenvalue weighted by molar-refractivity contribution is 5.71. The van der Waals surface area contributed by atoms with Crippen molar-refractivity contribution in [2.75, 3.05) is 13.2 Å². The minimum atomic E-state index is -0.825. The molecule has 0 aromatic rings. The maximum atomic E-state index is 12.7. The van der Waals surface area contributed by atoms with Gasteiger partial charge in [-0.15, -0.1) is 0 Å². The fourth-order valence-electron chi connectivity index (χ4n) is 6.31. The van der Waals surface area contributed by atoms with Crippen LogP contribution in [-0.2, 0) is 28.6 Å². The summed E-state index contributed by atoms with van der Waals surface area (Å²) in [5.74, 6) is -1.04. The zero-order valence-corrected chi connectivity index (χ0v) is 39.4. The highest BCUT2D eigenvalue weighted by Crippen LogP contribution is 2.12. The van der Waals surface area contributed by atoms with Crippen LogP contribution in [0.15, 0.2) is 97.2 Å². The Labute approximate surface area is 375 Å². The average Bonchev–Trinajstić information content (AvgIpc) is 3.26. The van der Waals surface area contributed by atoms with Crippen molar-refractivity contribution in [1.29, 1.82) is 0 Å². The van der Waals surface area contributed by atoms with Gasteiger partial charge < -0.3 is 14.2 Å². The van der Waals surface area contributed by atoms with E-state index >= 15 is 0 Å². The predicted octanol–water partition coefficient (Wildman–Crippen LogP) is 16.2. The second-order valence-corrected chi connectivity index (χ2v) is 16.0. The molecule has 0 spiro atoms. The van der Waals surface area contributed by atoms with E-state index in [2.05, 4.69) is 118 Å². The first kappa shape index (κ1) is 57.3. The first-order chi connectivity index (χ1) is 30.0. The molecule has 1 atom stereocenters. The number of carbonyl (C=O) groups excluding carboxylic acids is 3. The van der Waals surface area contributed by atoms with Gasteiger partial charge in [0.1, 0.15) is 13.2 Å². The molecule has 6 heteroatoms. The Kier molecular flexibility index (Phi) is 46.0. The summed E-state index contributed by atoms with van der Waals surface area (Å²) in [6, 6.07) is 0. The molecule has 61 heavy (non-hydrogen) atoms. The number of carbonyl (C=O) groups is 3. The highest BCUT2D eigenvalue weighted by Gasteiger charge is 2.19. The molecule has 0 bridgehead atoms. The number of hydrogen-bond donors (Lipinski definition) is 0. The van der Waals surface area contributed by atoms with E-state index in [1.807, 2.05) is 0 Å². The molecule has 0 rings (SSSR count). The van der Waals surface area contributed by atoms with Crippen LogP contribution in [0.2, 0.25) is 0 Å². The van der Waals surface area contributed by atoms with E-state index in [1.165, 1.54) is 89.9 Å².